The molecule has 0 spiro atoms. The van der Waals surface area contributed by atoms with Crippen LogP contribution in [0.2, 0.25) is 0 Å². The van der Waals surface area contributed by atoms with Crippen LogP contribution in [0.4, 0.5) is 4.79 Å². The Kier molecular flexibility index (Phi) is 4.71. The smallest absolute Gasteiger partial charge is 0.410 e. The van der Waals surface area contributed by atoms with Crippen LogP contribution < -0.4 is 10.1 Å². The van der Waals surface area contributed by atoms with E-state index < -0.39 is 0 Å². The van der Waals surface area contributed by atoms with Crippen LogP contribution in [0.1, 0.15) is 23.2 Å². The molecule has 2 fully saturated rings. The molecule has 2 aromatic rings. The first kappa shape index (κ1) is 17.4. The number of benzene rings is 2. The number of nitrogens with one attached hydrogen (secondary N) is 1. The van der Waals surface area contributed by atoms with E-state index in [0.717, 1.165) is 24.0 Å². The topological polar surface area (TPSA) is 67.9 Å². The van der Waals surface area contributed by atoms with Crippen LogP contribution in [0.25, 0.3) is 11.1 Å². The third kappa shape index (κ3) is 3.74. The minimum atomic E-state index is -0.297. The SMILES string of the molecule is COc1ccc(C(=O)NCC2CN(C3CC3)C(=O)O2)cc1-c1ccccc1. The molecule has 1 N–H and O–H groups in total. The Balaban J connectivity index is 1.44. The number of carbonyl (C=O) groups excluding carboxylic acids is 2. The molecule has 2 aliphatic rings. The van der Waals surface area contributed by atoms with E-state index in [9.17, 15) is 9.59 Å². The second-order valence-corrected chi connectivity index (χ2v) is 6.88. The number of hydrogen-bond acceptors (Lipinski definition) is 4. The Morgan fingerprint density at radius 2 is 2.00 bits per heavy atom. The van der Waals surface area contributed by atoms with Gasteiger partial charge in [-0.05, 0) is 36.6 Å². The first-order valence-corrected chi connectivity index (χ1v) is 9.14. The predicted octanol–water partition coefficient (Wildman–Crippen LogP) is 3.08. The zero-order valence-corrected chi connectivity index (χ0v) is 15.2. The van der Waals surface area contributed by atoms with Crippen molar-refractivity contribution in [2.24, 2.45) is 0 Å². The van der Waals surface area contributed by atoms with Crippen molar-refractivity contribution in [1.82, 2.24) is 10.2 Å². The third-order valence-electron chi connectivity index (χ3n) is 4.93. The van der Waals surface area contributed by atoms with Crippen molar-refractivity contribution in [3.8, 4) is 16.9 Å². The van der Waals surface area contributed by atoms with Crippen LogP contribution in [-0.2, 0) is 4.74 Å². The van der Waals surface area contributed by atoms with Crippen LogP contribution in [0, 0.1) is 0 Å². The predicted molar refractivity (Wildman–Crippen MR) is 101 cm³/mol. The highest BCUT2D eigenvalue weighted by Gasteiger charge is 2.40. The van der Waals surface area contributed by atoms with E-state index >= 15 is 0 Å². The van der Waals surface area contributed by atoms with Crippen molar-refractivity contribution in [3.63, 3.8) is 0 Å². The summed E-state index contributed by atoms with van der Waals surface area (Å²) in [4.78, 5) is 26.2. The molecule has 6 nitrogen and oxygen atoms in total. The summed E-state index contributed by atoms with van der Waals surface area (Å²) in [6, 6.07) is 15.5. The van der Waals surface area contributed by atoms with Gasteiger partial charge in [-0.2, -0.15) is 0 Å². The lowest BCUT2D eigenvalue weighted by molar-refractivity contribution is 0.0914. The molecule has 4 rings (SSSR count). The monoisotopic (exact) mass is 366 g/mol. The molecule has 6 heteroatoms. The van der Waals surface area contributed by atoms with Crippen molar-refractivity contribution >= 4 is 12.0 Å². The number of methoxy groups -OCH3 is 1. The number of cyclic esters (lactones) is 1. The lowest BCUT2D eigenvalue weighted by Crippen LogP contribution is -2.35. The fraction of sp³-hybridized carbons (Fsp3) is 0.333. The molecule has 1 unspecified atom stereocenters. The summed E-state index contributed by atoms with van der Waals surface area (Å²) < 4.78 is 10.8. The molecule has 1 aliphatic heterocycles. The van der Waals surface area contributed by atoms with E-state index in [0.29, 0.717) is 30.4 Å². The van der Waals surface area contributed by atoms with Crippen molar-refractivity contribution in [2.75, 3.05) is 20.2 Å². The summed E-state index contributed by atoms with van der Waals surface area (Å²) in [6.45, 7) is 0.849. The lowest BCUT2D eigenvalue weighted by atomic mass is 10.0. The molecular formula is C21H22N2O4. The number of carbonyl (C=O) groups is 2. The first-order valence-electron chi connectivity index (χ1n) is 9.14. The molecule has 2 aromatic carbocycles. The molecule has 1 saturated carbocycles. The van der Waals surface area contributed by atoms with E-state index in [1.807, 2.05) is 36.4 Å². The second kappa shape index (κ2) is 7.31. The molecule has 0 radical (unpaired) electrons. The maximum absolute atomic E-state index is 12.6. The molecule has 2 amide bonds. The maximum Gasteiger partial charge on any atom is 0.410 e. The summed E-state index contributed by atoms with van der Waals surface area (Å²) in [5.41, 5.74) is 2.38. The third-order valence-corrected chi connectivity index (χ3v) is 4.93. The second-order valence-electron chi connectivity index (χ2n) is 6.88. The number of nitrogens with zero attached hydrogens (tertiary/aromatic N) is 1. The van der Waals surface area contributed by atoms with Gasteiger partial charge >= 0.3 is 6.09 Å². The molecule has 27 heavy (non-hydrogen) atoms. The number of rotatable bonds is 6. The van der Waals surface area contributed by atoms with Crippen molar-refractivity contribution < 1.29 is 19.1 Å². The van der Waals surface area contributed by atoms with Gasteiger partial charge in [-0.25, -0.2) is 4.79 Å². The van der Waals surface area contributed by atoms with Gasteiger partial charge in [0.25, 0.3) is 5.91 Å². The van der Waals surface area contributed by atoms with Crippen LogP contribution in [-0.4, -0.2) is 49.2 Å². The average Bonchev–Trinajstić information content (AvgIpc) is 3.48. The first-order chi connectivity index (χ1) is 13.2. The van der Waals surface area contributed by atoms with Crippen LogP contribution in [0.3, 0.4) is 0 Å². The van der Waals surface area contributed by atoms with E-state index in [4.69, 9.17) is 9.47 Å². The van der Waals surface area contributed by atoms with Gasteiger partial charge in [-0.15, -0.1) is 0 Å². The Labute approximate surface area is 158 Å². The summed E-state index contributed by atoms with van der Waals surface area (Å²) in [6.07, 6.45) is 1.52. The molecule has 1 aliphatic carbocycles. The summed E-state index contributed by atoms with van der Waals surface area (Å²) in [7, 11) is 1.61. The van der Waals surface area contributed by atoms with Crippen LogP contribution >= 0.6 is 0 Å². The van der Waals surface area contributed by atoms with E-state index in [-0.39, 0.29) is 18.1 Å². The van der Waals surface area contributed by atoms with E-state index in [1.165, 1.54) is 0 Å². The Morgan fingerprint density at radius 1 is 1.22 bits per heavy atom. The molecule has 1 saturated heterocycles. The Hall–Kier alpha value is -3.02. The van der Waals surface area contributed by atoms with Gasteiger partial charge in [-0.3, -0.25) is 4.79 Å². The zero-order chi connectivity index (χ0) is 18.8. The summed E-state index contributed by atoms with van der Waals surface area (Å²) in [5.74, 6) is 0.512. The van der Waals surface area contributed by atoms with Gasteiger partial charge < -0.3 is 19.7 Å². The fourth-order valence-corrected chi connectivity index (χ4v) is 3.33. The summed E-state index contributed by atoms with van der Waals surface area (Å²) >= 11 is 0. The summed E-state index contributed by atoms with van der Waals surface area (Å²) in [5, 5.41) is 2.87. The lowest BCUT2D eigenvalue weighted by Gasteiger charge is -2.13. The molecule has 1 heterocycles. The van der Waals surface area contributed by atoms with Gasteiger partial charge in [0.1, 0.15) is 11.9 Å². The molecule has 1 atom stereocenters. The number of amides is 2. The highest BCUT2D eigenvalue weighted by atomic mass is 16.6. The standard InChI is InChI=1S/C21H22N2O4/c1-26-19-10-7-15(11-18(19)14-5-3-2-4-6-14)20(24)22-12-17-13-23(16-8-9-16)21(25)27-17/h2-7,10-11,16-17H,8-9,12-13H2,1H3,(H,22,24). The zero-order valence-electron chi connectivity index (χ0n) is 15.2. The van der Waals surface area contributed by atoms with E-state index in [1.54, 1.807) is 24.1 Å². The van der Waals surface area contributed by atoms with Gasteiger partial charge in [-0.1, -0.05) is 30.3 Å². The molecule has 140 valence electrons. The molecule has 0 bridgehead atoms. The highest BCUT2D eigenvalue weighted by Crippen LogP contribution is 2.31. The normalized spacial score (nSPS) is 18.9. The van der Waals surface area contributed by atoms with Crippen molar-refractivity contribution in [3.05, 3.63) is 54.1 Å². The number of ether oxygens (including phenoxy) is 2. The molecule has 0 aromatic heterocycles. The largest absolute Gasteiger partial charge is 0.496 e. The van der Waals surface area contributed by atoms with Crippen molar-refractivity contribution in [2.45, 2.75) is 25.0 Å². The Bertz CT molecular complexity index is 849. The van der Waals surface area contributed by atoms with Gasteiger partial charge in [0.15, 0.2) is 0 Å². The van der Waals surface area contributed by atoms with Crippen molar-refractivity contribution in [1.29, 1.82) is 0 Å². The maximum atomic E-state index is 12.6. The Morgan fingerprint density at radius 3 is 2.70 bits per heavy atom. The van der Waals surface area contributed by atoms with E-state index in [2.05, 4.69) is 5.32 Å². The highest BCUT2D eigenvalue weighted by molar-refractivity contribution is 5.96. The van der Waals surface area contributed by atoms with Gasteiger partial charge in [0.2, 0.25) is 0 Å². The van der Waals surface area contributed by atoms with Crippen LogP contribution in [0.15, 0.2) is 48.5 Å². The van der Waals surface area contributed by atoms with Crippen LogP contribution in [0.5, 0.6) is 5.75 Å². The van der Waals surface area contributed by atoms with Gasteiger partial charge in [0, 0.05) is 17.2 Å². The minimum absolute atomic E-state index is 0.198. The molecular weight excluding hydrogens is 344 g/mol. The quantitative estimate of drug-likeness (QED) is 0.853. The number of hydrogen-bond donors (Lipinski definition) is 1. The van der Waals surface area contributed by atoms with Gasteiger partial charge in [0.05, 0.1) is 20.2 Å². The average molecular weight is 366 g/mol. The minimum Gasteiger partial charge on any atom is -0.496 e. The fourth-order valence-electron chi connectivity index (χ4n) is 3.33.